The molecule has 1 aromatic heterocycles. The Morgan fingerprint density at radius 1 is 1.16 bits per heavy atom. The molecule has 0 spiro atoms. The first-order valence-corrected chi connectivity index (χ1v) is 11.0. The molecular weight excluding hydrogens is 449 g/mol. The Bertz CT molecular complexity index is 1190. The van der Waals surface area contributed by atoms with Crippen molar-refractivity contribution < 1.29 is 14.4 Å². The Labute approximate surface area is 196 Å². The van der Waals surface area contributed by atoms with E-state index in [0.29, 0.717) is 27.9 Å². The lowest BCUT2D eigenvalue weighted by Crippen LogP contribution is -2.29. The summed E-state index contributed by atoms with van der Waals surface area (Å²) in [6.45, 7) is 5.95. The first kappa shape index (κ1) is 22.4. The lowest BCUT2D eigenvalue weighted by Gasteiger charge is -2.30. The maximum Gasteiger partial charge on any atom is 0.372 e. The predicted molar refractivity (Wildman–Crippen MR) is 125 cm³/mol. The molecule has 0 saturated heterocycles. The summed E-state index contributed by atoms with van der Waals surface area (Å²) in [6, 6.07) is 14.8. The normalized spacial score (nSPS) is 16.0. The molecule has 0 bridgehead atoms. The van der Waals surface area contributed by atoms with E-state index in [1.165, 1.54) is 0 Å². The number of fused-ring (bicyclic) bond motifs is 1. The summed E-state index contributed by atoms with van der Waals surface area (Å²) in [5.74, 6) is -0.275. The summed E-state index contributed by atoms with van der Waals surface area (Å²) >= 11 is 11.9. The van der Waals surface area contributed by atoms with Gasteiger partial charge in [0.2, 0.25) is 0 Å². The van der Waals surface area contributed by atoms with Gasteiger partial charge in [-0.3, -0.25) is 0 Å². The maximum absolute atomic E-state index is 12.3. The molecule has 0 amide bonds. The minimum atomic E-state index is -0.624. The number of para-hydroxylation sites is 1. The second-order valence-electron chi connectivity index (χ2n) is 8.54. The molecule has 2 aromatic carbocycles. The average molecular weight is 472 g/mol. The summed E-state index contributed by atoms with van der Waals surface area (Å²) < 4.78 is 7.39. The van der Waals surface area contributed by atoms with Crippen LogP contribution in [0.3, 0.4) is 0 Å². The van der Waals surface area contributed by atoms with Crippen LogP contribution in [0.2, 0.25) is 10.0 Å². The Hall–Kier alpha value is -2.83. The highest BCUT2D eigenvalue weighted by Gasteiger charge is 2.35. The van der Waals surface area contributed by atoms with Gasteiger partial charge in [0.05, 0.1) is 27.8 Å². The summed E-state index contributed by atoms with van der Waals surface area (Å²) in [6.07, 6.45) is 1.50. The van der Waals surface area contributed by atoms with E-state index in [-0.39, 0.29) is 12.0 Å². The number of benzene rings is 2. The third kappa shape index (κ3) is 4.81. The number of rotatable bonds is 5. The van der Waals surface area contributed by atoms with E-state index in [9.17, 15) is 4.79 Å². The standard InChI is InChI=1S/C24H23Cl2N3O3/c1-15-23-19(28-32-22(30)14-31-21-10-9-16(25)11-18(21)26)12-24(2,3)13-20(23)29(27-15)17-7-5-4-6-8-17/h4-11H,12-14H2,1-3H3/b28-19+. The number of aromatic nitrogens is 2. The first-order valence-electron chi connectivity index (χ1n) is 10.2. The van der Waals surface area contributed by atoms with Gasteiger partial charge >= 0.3 is 5.97 Å². The molecule has 0 fully saturated rings. The molecule has 1 heterocycles. The third-order valence-electron chi connectivity index (χ3n) is 5.23. The lowest BCUT2D eigenvalue weighted by atomic mass is 9.75. The van der Waals surface area contributed by atoms with Crippen LogP contribution in [-0.4, -0.2) is 28.1 Å². The van der Waals surface area contributed by atoms with Gasteiger partial charge in [0.25, 0.3) is 0 Å². The van der Waals surface area contributed by atoms with Gasteiger partial charge in [0, 0.05) is 10.6 Å². The number of ether oxygens (including phenoxy) is 1. The van der Waals surface area contributed by atoms with Gasteiger partial charge in [-0.25, -0.2) is 9.48 Å². The van der Waals surface area contributed by atoms with Crippen LogP contribution in [0.4, 0.5) is 0 Å². The Balaban J connectivity index is 1.55. The first-order chi connectivity index (χ1) is 15.2. The van der Waals surface area contributed by atoms with Gasteiger partial charge in [-0.15, -0.1) is 0 Å². The molecule has 1 aliphatic carbocycles. The maximum atomic E-state index is 12.3. The summed E-state index contributed by atoms with van der Waals surface area (Å²) in [5, 5.41) is 9.76. The molecule has 0 radical (unpaired) electrons. The van der Waals surface area contributed by atoms with E-state index in [1.807, 2.05) is 41.9 Å². The van der Waals surface area contributed by atoms with Crippen LogP contribution in [0.25, 0.3) is 5.69 Å². The molecule has 1 aliphatic rings. The van der Waals surface area contributed by atoms with Crippen LogP contribution < -0.4 is 4.74 Å². The van der Waals surface area contributed by atoms with Crippen LogP contribution in [0.5, 0.6) is 5.75 Å². The van der Waals surface area contributed by atoms with E-state index in [2.05, 4.69) is 19.0 Å². The van der Waals surface area contributed by atoms with Crippen molar-refractivity contribution in [2.75, 3.05) is 6.61 Å². The van der Waals surface area contributed by atoms with Crippen molar-refractivity contribution in [1.29, 1.82) is 0 Å². The molecule has 8 heteroatoms. The molecule has 0 unspecified atom stereocenters. The Kier molecular flexibility index (Phi) is 6.26. The molecule has 0 aliphatic heterocycles. The van der Waals surface area contributed by atoms with Gasteiger partial charge in [0.1, 0.15) is 5.75 Å². The Morgan fingerprint density at radius 2 is 1.91 bits per heavy atom. The highest BCUT2D eigenvalue weighted by molar-refractivity contribution is 6.35. The fourth-order valence-corrected chi connectivity index (χ4v) is 4.36. The zero-order chi connectivity index (χ0) is 22.9. The summed E-state index contributed by atoms with van der Waals surface area (Å²) in [5.41, 5.74) is 4.46. The monoisotopic (exact) mass is 471 g/mol. The fraction of sp³-hybridized carbons (Fsp3) is 0.292. The minimum absolute atomic E-state index is 0.0649. The van der Waals surface area contributed by atoms with Crippen molar-refractivity contribution in [1.82, 2.24) is 9.78 Å². The van der Waals surface area contributed by atoms with Gasteiger partial charge in [-0.05, 0) is 55.5 Å². The van der Waals surface area contributed by atoms with Gasteiger partial charge in [-0.1, -0.05) is 60.4 Å². The molecule has 166 valence electrons. The molecular formula is C24H23Cl2N3O3. The molecule has 3 aromatic rings. The topological polar surface area (TPSA) is 65.7 Å². The summed E-state index contributed by atoms with van der Waals surface area (Å²) in [4.78, 5) is 17.5. The van der Waals surface area contributed by atoms with Crippen molar-refractivity contribution in [3.63, 3.8) is 0 Å². The molecule has 6 nitrogen and oxygen atoms in total. The van der Waals surface area contributed by atoms with Crippen molar-refractivity contribution >= 4 is 34.9 Å². The highest BCUT2D eigenvalue weighted by atomic mass is 35.5. The van der Waals surface area contributed by atoms with E-state index >= 15 is 0 Å². The fourth-order valence-electron chi connectivity index (χ4n) is 3.89. The van der Waals surface area contributed by atoms with Crippen molar-refractivity contribution in [3.8, 4) is 11.4 Å². The zero-order valence-electron chi connectivity index (χ0n) is 18.1. The number of halogens is 2. The van der Waals surface area contributed by atoms with Crippen molar-refractivity contribution in [2.24, 2.45) is 10.6 Å². The van der Waals surface area contributed by atoms with E-state index in [0.717, 1.165) is 29.1 Å². The number of hydrogen-bond donors (Lipinski definition) is 0. The van der Waals surface area contributed by atoms with Gasteiger partial charge in [-0.2, -0.15) is 5.10 Å². The van der Waals surface area contributed by atoms with Crippen LogP contribution in [-0.2, 0) is 16.1 Å². The molecule has 0 atom stereocenters. The molecule has 32 heavy (non-hydrogen) atoms. The van der Waals surface area contributed by atoms with E-state index < -0.39 is 5.97 Å². The smallest absolute Gasteiger partial charge is 0.372 e. The minimum Gasteiger partial charge on any atom is -0.480 e. The van der Waals surface area contributed by atoms with Gasteiger partial charge in [0.15, 0.2) is 6.61 Å². The SMILES string of the molecule is Cc1nn(-c2ccccc2)c2c1/C(=N/OC(=O)COc1ccc(Cl)cc1Cl)CC(C)(C)C2. The molecule has 4 rings (SSSR count). The number of hydrogen-bond acceptors (Lipinski definition) is 5. The van der Waals surface area contributed by atoms with E-state index in [4.69, 9.17) is 37.9 Å². The number of carbonyl (C=O) groups excluding carboxylic acids is 1. The van der Waals surface area contributed by atoms with Gasteiger partial charge < -0.3 is 9.57 Å². The molecule has 0 N–H and O–H groups in total. The van der Waals surface area contributed by atoms with Crippen LogP contribution in [0.15, 0.2) is 53.7 Å². The van der Waals surface area contributed by atoms with Crippen molar-refractivity contribution in [3.05, 3.63) is 75.5 Å². The number of nitrogens with zero attached hydrogens (tertiary/aromatic N) is 3. The zero-order valence-corrected chi connectivity index (χ0v) is 19.6. The van der Waals surface area contributed by atoms with Crippen molar-refractivity contribution in [2.45, 2.75) is 33.6 Å². The Morgan fingerprint density at radius 3 is 2.62 bits per heavy atom. The average Bonchev–Trinajstić information content (AvgIpc) is 3.07. The quantitative estimate of drug-likeness (QED) is 0.349. The van der Waals surface area contributed by atoms with Crippen LogP contribution >= 0.6 is 23.2 Å². The lowest BCUT2D eigenvalue weighted by molar-refractivity contribution is -0.146. The largest absolute Gasteiger partial charge is 0.480 e. The van der Waals surface area contributed by atoms with Crippen LogP contribution in [0, 0.1) is 12.3 Å². The predicted octanol–water partition coefficient (Wildman–Crippen LogP) is 5.79. The van der Waals surface area contributed by atoms with Crippen LogP contribution in [0.1, 0.15) is 37.2 Å². The number of aryl methyl sites for hydroxylation is 1. The highest BCUT2D eigenvalue weighted by Crippen LogP contribution is 2.37. The third-order valence-corrected chi connectivity index (χ3v) is 5.76. The molecule has 0 saturated carbocycles. The van der Waals surface area contributed by atoms with E-state index in [1.54, 1.807) is 18.2 Å². The number of carbonyl (C=O) groups is 1. The second-order valence-corrected chi connectivity index (χ2v) is 9.38. The summed E-state index contributed by atoms with van der Waals surface area (Å²) in [7, 11) is 0. The number of oxime groups is 1. The second kappa shape index (κ2) is 8.96.